The average molecular weight is 395 g/mol. The van der Waals surface area contributed by atoms with Crippen molar-refractivity contribution in [2.75, 3.05) is 36.4 Å². The molecule has 24 heavy (non-hydrogen) atoms. The fourth-order valence-electron chi connectivity index (χ4n) is 2.55. The van der Waals surface area contributed by atoms with Gasteiger partial charge in [0.1, 0.15) is 5.69 Å². The number of piperazine rings is 1. The molecule has 0 spiro atoms. The zero-order valence-corrected chi connectivity index (χ0v) is 14.2. The lowest BCUT2D eigenvalue weighted by Gasteiger charge is -2.29. The largest absolute Gasteiger partial charge is 0.444 e. The number of nitrogens with one attached hydrogen (secondary N) is 2. The summed E-state index contributed by atoms with van der Waals surface area (Å²) in [5.41, 5.74) is 0.869. The average Bonchev–Trinajstić information content (AvgIpc) is 3.02. The van der Waals surface area contributed by atoms with Crippen molar-refractivity contribution in [3.8, 4) is 0 Å². The lowest BCUT2D eigenvalue weighted by atomic mass is 10.2. The summed E-state index contributed by atoms with van der Waals surface area (Å²) in [7, 11) is 0. The Balaban J connectivity index is 1.83. The summed E-state index contributed by atoms with van der Waals surface area (Å²) in [6, 6.07) is 7.80. The fourth-order valence-corrected chi connectivity index (χ4v) is 2.86. The molecule has 0 bridgehead atoms. The molecule has 1 saturated heterocycles. The Morgan fingerprint density at radius 1 is 1.29 bits per heavy atom. The van der Waals surface area contributed by atoms with Gasteiger partial charge in [0.05, 0.1) is 4.92 Å². The molecule has 0 unspecified atom stereocenters. The van der Waals surface area contributed by atoms with E-state index in [1.807, 2.05) is 4.90 Å². The summed E-state index contributed by atoms with van der Waals surface area (Å²) in [6.45, 7) is 2.96. The van der Waals surface area contributed by atoms with Gasteiger partial charge in [-0.1, -0.05) is 0 Å². The van der Waals surface area contributed by atoms with E-state index in [0.29, 0.717) is 29.1 Å². The number of rotatable bonds is 4. The Kier molecular flexibility index (Phi) is 4.81. The number of hydrogen-bond donors (Lipinski definition) is 2. The van der Waals surface area contributed by atoms with Gasteiger partial charge in [0.15, 0.2) is 10.4 Å². The van der Waals surface area contributed by atoms with Gasteiger partial charge < -0.3 is 20.0 Å². The summed E-state index contributed by atoms with van der Waals surface area (Å²) in [6.07, 6.45) is 0. The van der Waals surface area contributed by atoms with Gasteiger partial charge in [-0.05, 0) is 40.2 Å². The molecule has 2 heterocycles. The SMILES string of the molecule is O=C(Nc1ccc(N2CCNCC2)c([N+](=O)[O-])c1)c1ccc(Br)o1. The second-order valence-electron chi connectivity index (χ2n) is 5.26. The first-order valence-corrected chi connectivity index (χ1v) is 8.14. The van der Waals surface area contributed by atoms with Gasteiger partial charge in [0.2, 0.25) is 0 Å². The van der Waals surface area contributed by atoms with Crippen LogP contribution in [-0.2, 0) is 0 Å². The topological polar surface area (TPSA) is 101 Å². The van der Waals surface area contributed by atoms with Crippen molar-refractivity contribution < 1.29 is 14.1 Å². The van der Waals surface area contributed by atoms with Crippen molar-refractivity contribution in [1.29, 1.82) is 0 Å². The van der Waals surface area contributed by atoms with E-state index in [2.05, 4.69) is 26.6 Å². The lowest BCUT2D eigenvalue weighted by Crippen LogP contribution is -2.43. The molecular weight excluding hydrogens is 380 g/mol. The molecule has 2 N–H and O–H groups in total. The van der Waals surface area contributed by atoms with Gasteiger partial charge in [-0.2, -0.15) is 0 Å². The van der Waals surface area contributed by atoms with Gasteiger partial charge >= 0.3 is 0 Å². The van der Waals surface area contributed by atoms with Crippen LogP contribution in [0, 0.1) is 10.1 Å². The number of amides is 1. The number of halogens is 1. The highest BCUT2D eigenvalue weighted by molar-refractivity contribution is 9.10. The van der Waals surface area contributed by atoms with E-state index in [-0.39, 0.29) is 11.4 Å². The summed E-state index contributed by atoms with van der Waals surface area (Å²) < 4.78 is 5.61. The Morgan fingerprint density at radius 2 is 2.04 bits per heavy atom. The molecule has 0 saturated carbocycles. The van der Waals surface area contributed by atoms with Crippen LogP contribution in [0.2, 0.25) is 0 Å². The number of nitro benzene ring substituents is 1. The van der Waals surface area contributed by atoms with Gasteiger partial charge in [0, 0.05) is 37.9 Å². The molecule has 1 aliphatic rings. The normalized spacial score (nSPS) is 14.5. The molecule has 2 aromatic rings. The number of nitro groups is 1. The highest BCUT2D eigenvalue weighted by atomic mass is 79.9. The summed E-state index contributed by atoms with van der Waals surface area (Å²) >= 11 is 3.12. The lowest BCUT2D eigenvalue weighted by molar-refractivity contribution is -0.384. The predicted molar refractivity (Wildman–Crippen MR) is 92.5 cm³/mol. The molecule has 0 aliphatic carbocycles. The van der Waals surface area contributed by atoms with Crippen LogP contribution in [-0.4, -0.2) is 37.0 Å². The Morgan fingerprint density at radius 3 is 2.67 bits per heavy atom. The third-order valence-electron chi connectivity index (χ3n) is 3.68. The molecule has 0 radical (unpaired) electrons. The summed E-state index contributed by atoms with van der Waals surface area (Å²) in [4.78, 5) is 25.0. The monoisotopic (exact) mass is 394 g/mol. The van der Waals surface area contributed by atoms with E-state index >= 15 is 0 Å². The summed E-state index contributed by atoms with van der Waals surface area (Å²) in [5.74, 6) is -0.347. The second kappa shape index (κ2) is 7.02. The van der Waals surface area contributed by atoms with Crippen LogP contribution in [0.25, 0.3) is 0 Å². The second-order valence-corrected chi connectivity index (χ2v) is 6.04. The van der Waals surface area contributed by atoms with Crippen LogP contribution in [0.15, 0.2) is 39.4 Å². The van der Waals surface area contributed by atoms with E-state index < -0.39 is 10.8 Å². The number of hydrogen-bond acceptors (Lipinski definition) is 6. The minimum atomic E-state index is -0.468. The molecule has 1 fully saturated rings. The molecule has 1 aromatic heterocycles. The smallest absolute Gasteiger partial charge is 0.294 e. The minimum Gasteiger partial charge on any atom is -0.444 e. The molecule has 126 valence electrons. The van der Waals surface area contributed by atoms with Gasteiger partial charge in [-0.3, -0.25) is 14.9 Å². The summed E-state index contributed by atoms with van der Waals surface area (Å²) in [5, 5.41) is 17.2. The quantitative estimate of drug-likeness (QED) is 0.610. The van der Waals surface area contributed by atoms with Gasteiger partial charge in [0.25, 0.3) is 11.6 Å². The molecule has 0 atom stereocenters. The van der Waals surface area contributed by atoms with Crippen LogP contribution in [0.3, 0.4) is 0 Å². The van der Waals surface area contributed by atoms with Crippen LogP contribution in [0.4, 0.5) is 17.1 Å². The molecular formula is C15H15BrN4O4. The highest BCUT2D eigenvalue weighted by Gasteiger charge is 2.22. The number of carbonyl (C=O) groups excluding carboxylic acids is 1. The van der Waals surface area contributed by atoms with Crippen molar-refractivity contribution in [1.82, 2.24) is 5.32 Å². The molecule has 1 aromatic carbocycles. The number of anilines is 2. The highest BCUT2D eigenvalue weighted by Crippen LogP contribution is 2.31. The van der Waals surface area contributed by atoms with Crippen molar-refractivity contribution in [3.63, 3.8) is 0 Å². The van der Waals surface area contributed by atoms with E-state index in [4.69, 9.17) is 4.42 Å². The number of carbonyl (C=O) groups is 1. The first-order valence-electron chi connectivity index (χ1n) is 7.35. The number of benzene rings is 1. The van der Waals surface area contributed by atoms with Crippen molar-refractivity contribution in [3.05, 3.63) is 50.9 Å². The maximum absolute atomic E-state index is 12.1. The standard InChI is InChI=1S/C15H15BrN4O4/c16-14-4-3-13(24-14)15(21)18-10-1-2-11(12(9-10)20(22)23)19-7-5-17-6-8-19/h1-4,9,17H,5-8H2,(H,18,21). The van der Waals surface area contributed by atoms with Gasteiger partial charge in [-0.25, -0.2) is 0 Å². The van der Waals surface area contributed by atoms with Crippen LogP contribution in [0.1, 0.15) is 10.6 Å². The molecule has 3 rings (SSSR count). The van der Waals surface area contributed by atoms with Crippen molar-refractivity contribution >= 4 is 38.9 Å². The van der Waals surface area contributed by atoms with Gasteiger partial charge in [-0.15, -0.1) is 0 Å². The third-order valence-corrected chi connectivity index (χ3v) is 4.11. The molecule has 9 heteroatoms. The van der Waals surface area contributed by atoms with Crippen molar-refractivity contribution in [2.24, 2.45) is 0 Å². The van der Waals surface area contributed by atoms with Crippen LogP contribution >= 0.6 is 15.9 Å². The Hall–Kier alpha value is -2.39. The molecule has 1 aliphatic heterocycles. The fraction of sp³-hybridized carbons (Fsp3) is 0.267. The van der Waals surface area contributed by atoms with Crippen LogP contribution < -0.4 is 15.5 Å². The predicted octanol–water partition coefficient (Wildman–Crippen LogP) is 2.61. The van der Waals surface area contributed by atoms with E-state index in [9.17, 15) is 14.9 Å². The maximum atomic E-state index is 12.1. The zero-order chi connectivity index (χ0) is 17.1. The first kappa shape index (κ1) is 16.5. The number of nitrogens with zero attached hydrogens (tertiary/aromatic N) is 2. The first-order chi connectivity index (χ1) is 11.5. The number of furan rings is 1. The van der Waals surface area contributed by atoms with Crippen LogP contribution in [0.5, 0.6) is 0 Å². The van der Waals surface area contributed by atoms with E-state index in [0.717, 1.165) is 13.1 Å². The Bertz CT molecular complexity index is 771. The zero-order valence-electron chi connectivity index (χ0n) is 12.6. The third kappa shape index (κ3) is 3.57. The van der Waals surface area contributed by atoms with E-state index in [1.54, 1.807) is 18.2 Å². The van der Waals surface area contributed by atoms with Crippen molar-refractivity contribution in [2.45, 2.75) is 0 Å². The Labute approximate surface area is 146 Å². The minimum absolute atomic E-state index is 0.0321. The molecule has 1 amide bonds. The molecule has 8 nitrogen and oxygen atoms in total. The van der Waals surface area contributed by atoms with E-state index in [1.165, 1.54) is 12.1 Å². The maximum Gasteiger partial charge on any atom is 0.294 e.